The summed E-state index contributed by atoms with van der Waals surface area (Å²) < 4.78 is 38.8. The molecule has 1 aromatic rings. The second kappa shape index (κ2) is 7.20. The molecular weight excluding hydrogens is 337 g/mol. The van der Waals surface area contributed by atoms with Gasteiger partial charge < -0.3 is 20.9 Å². The summed E-state index contributed by atoms with van der Waals surface area (Å²) in [5.74, 6) is -0.917. The maximum absolute atomic E-state index is 12.9. The van der Waals surface area contributed by atoms with E-state index in [-0.39, 0.29) is 12.2 Å². The summed E-state index contributed by atoms with van der Waals surface area (Å²) in [4.78, 5) is 26.8. The van der Waals surface area contributed by atoms with Gasteiger partial charge in [-0.3, -0.25) is 4.79 Å². The number of hydrogen-bond acceptors (Lipinski definition) is 3. The van der Waals surface area contributed by atoms with Crippen molar-refractivity contribution in [3.63, 3.8) is 0 Å². The third-order valence-corrected chi connectivity index (χ3v) is 4.16. The van der Waals surface area contributed by atoms with Gasteiger partial charge in [-0.15, -0.1) is 0 Å². The maximum atomic E-state index is 12.9. The van der Waals surface area contributed by atoms with Gasteiger partial charge in [0.25, 0.3) is 0 Å². The molecule has 0 bridgehead atoms. The first-order chi connectivity index (χ1) is 11.6. The number of nitrogens with two attached hydrogens (primary N) is 1. The van der Waals surface area contributed by atoms with Gasteiger partial charge in [0, 0.05) is 27.2 Å². The van der Waals surface area contributed by atoms with Crippen molar-refractivity contribution in [1.29, 1.82) is 0 Å². The Morgan fingerprint density at radius 3 is 2.56 bits per heavy atom. The molecule has 1 heterocycles. The summed E-state index contributed by atoms with van der Waals surface area (Å²) in [6.07, 6.45) is -3.29. The van der Waals surface area contributed by atoms with Crippen LogP contribution >= 0.6 is 0 Å². The molecule has 3 amide bonds. The molecule has 0 radical (unpaired) electrons. The van der Waals surface area contributed by atoms with Crippen LogP contribution in [0.25, 0.3) is 0 Å². The summed E-state index contributed by atoms with van der Waals surface area (Å²) in [5.41, 5.74) is 4.95. The van der Waals surface area contributed by atoms with Crippen LogP contribution in [0.2, 0.25) is 0 Å². The van der Waals surface area contributed by atoms with Gasteiger partial charge in [0.2, 0.25) is 5.91 Å². The highest BCUT2D eigenvalue weighted by Crippen LogP contribution is 2.35. The second-order valence-electron chi connectivity index (χ2n) is 6.24. The number of anilines is 2. The van der Waals surface area contributed by atoms with E-state index in [1.54, 1.807) is 19.0 Å². The molecule has 3 N–H and O–H groups in total. The number of carbonyl (C=O) groups excluding carboxylic acids is 2. The number of benzene rings is 1. The van der Waals surface area contributed by atoms with Crippen molar-refractivity contribution in [2.75, 3.05) is 37.4 Å². The van der Waals surface area contributed by atoms with Crippen LogP contribution in [-0.2, 0) is 11.0 Å². The Balaban J connectivity index is 2.22. The molecule has 0 unspecified atom stereocenters. The second-order valence-corrected chi connectivity index (χ2v) is 6.24. The molecule has 0 saturated carbocycles. The number of amides is 3. The predicted molar refractivity (Wildman–Crippen MR) is 88.3 cm³/mol. The van der Waals surface area contributed by atoms with Crippen LogP contribution in [0.4, 0.5) is 29.3 Å². The van der Waals surface area contributed by atoms with Gasteiger partial charge in [-0.2, -0.15) is 13.2 Å². The molecule has 1 aliphatic rings. The van der Waals surface area contributed by atoms with E-state index in [1.807, 2.05) is 0 Å². The van der Waals surface area contributed by atoms with E-state index < -0.39 is 29.6 Å². The van der Waals surface area contributed by atoms with E-state index in [4.69, 9.17) is 5.73 Å². The monoisotopic (exact) mass is 358 g/mol. The fourth-order valence-corrected chi connectivity index (χ4v) is 2.79. The molecule has 1 atom stereocenters. The van der Waals surface area contributed by atoms with Crippen molar-refractivity contribution >= 4 is 23.3 Å². The summed E-state index contributed by atoms with van der Waals surface area (Å²) in [6.45, 7) is 0.587. The number of likely N-dealkylation sites (tertiary alicyclic amines) is 1. The number of halogens is 3. The molecular formula is C16H21F3N4O2. The Hall–Kier alpha value is -2.45. The SMILES string of the molecule is CN(C)c1ccc(C(F)(F)F)cc1NC(=O)N1CCC[C@H](C(N)=O)C1. The molecule has 6 nitrogen and oxygen atoms in total. The fraction of sp³-hybridized carbons (Fsp3) is 0.500. The standard InChI is InChI=1S/C16H21F3N4O2/c1-22(2)13-6-5-11(16(17,18)19)8-12(13)21-15(25)23-7-3-4-10(9-23)14(20)24/h5-6,8,10H,3-4,7,9H2,1-2H3,(H2,20,24)(H,21,25)/t10-/m0/s1. The van der Waals surface area contributed by atoms with Crippen molar-refractivity contribution in [1.82, 2.24) is 4.90 Å². The number of hydrogen-bond donors (Lipinski definition) is 2. The van der Waals surface area contributed by atoms with Gasteiger partial charge in [0.1, 0.15) is 0 Å². The fourth-order valence-electron chi connectivity index (χ4n) is 2.79. The zero-order valence-electron chi connectivity index (χ0n) is 14.1. The molecule has 1 saturated heterocycles. The van der Waals surface area contributed by atoms with Crippen LogP contribution in [0.15, 0.2) is 18.2 Å². The third kappa shape index (κ3) is 4.55. The van der Waals surface area contributed by atoms with Crippen LogP contribution < -0.4 is 16.0 Å². The first kappa shape index (κ1) is 18.9. The number of urea groups is 1. The van der Waals surface area contributed by atoms with E-state index in [0.29, 0.717) is 25.1 Å². The van der Waals surface area contributed by atoms with Crippen LogP contribution in [-0.4, -0.2) is 44.0 Å². The normalized spacial score (nSPS) is 18.0. The van der Waals surface area contributed by atoms with Crippen LogP contribution in [0, 0.1) is 5.92 Å². The summed E-state index contributed by atoms with van der Waals surface area (Å²) in [6, 6.07) is 2.63. The van der Waals surface area contributed by atoms with E-state index in [2.05, 4.69) is 5.32 Å². The minimum atomic E-state index is -4.51. The van der Waals surface area contributed by atoms with Crippen LogP contribution in [0.1, 0.15) is 18.4 Å². The average Bonchev–Trinajstić information content (AvgIpc) is 2.53. The van der Waals surface area contributed by atoms with Gasteiger partial charge in [-0.1, -0.05) is 0 Å². The minimum absolute atomic E-state index is 0.0611. The van der Waals surface area contributed by atoms with Gasteiger partial charge in [0.05, 0.1) is 22.9 Å². The number of rotatable bonds is 3. The summed E-state index contributed by atoms with van der Waals surface area (Å²) in [5, 5.41) is 2.53. The maximum Gasteiger partial charge on any atom is 0.416 e. The van der Waals surface area contributed by atoms with Gasteiger partial charge in [0.15, 0.2) is 0 Å². The van der Waals surface area contributed by atoms with Crippen molar-refractivity contribution in [2.45, 2.75) is 19.0 Å². The molecule has 25 heavy (non-hydrogen) atoms. The average molecular weight is 358 g/mol. The molecule has 2 rings (SSSR count). The zero-order chi connectivity index (χ0) is 18.8. The molecule has 9 heteroatoms. The number of piperidine rings is 1. The third-order valence-electron chi connectivity index (χ3n) is 4.16. The number of nitrogens with one attached hydrogen (secondary N) is 1. The van der Waals surface area contributed by atoms with E-state index in [0.717, 1.165) is 12.1 Å². The molecule has 1 aliphatic heterocycles. The van der Waals surface area contributed by atoms with E-state index in [1.165, 1.54) is 11.0 Å². The smallest absolute Gasteiger partial charge is 0.376 e. The number of nitrogens with zero attached hydrogens (tertiary/aromatic N) is 2. The Morgan fingerprint density at radius 2 is 2.00 bits per heavy atom. The highest BCUT2D eigenvalue weighted by atomic mass is 19.4. The topological polar surface area (TPSA) is 78.7 Å². The molecule has 0 aromatic heterocycles. The van der Waals surface area contributed by atoms with Gasteiger partial charge in [-0.25, -0.2) is 4.79 Å². The van der Waals surface area contributed by atoms with Crippen molar-refractivity contribution < 1.29 is 22.8 Å². The highest BCUT2D eigenvalue weighted by Gasteiger charge is 2.32. The van der Waals surface area contributed by atoms with Gasteiger partial charge >= 0.3 is 12.2 Å². The molecule has 1 fully saturated rings. The lowest BCUT2D eigenvalue weighted by atomic mass is 9.98. The van der Waals surface area contributed by atoms with E-state index in [9.17, 15) is 22.8 Å². The van der Waals surface area contributed by atoms with Crippen LogP contribution in [0.5, 0.6) is 0 Å². The Kier molecular flexibility index (Phi) is 5.44. The first-order valence-corrected chi connectivity index (χ1v) is 7.83. The lowest BCUT2D eigenvalue weighted by molar-refractivity contribution is -0.137. The molecule has 0 aliphatic carbocycles. The number of primary amides is 1. The molecule has 0 spiro atoms. The van der Waals surface area contributed by atoms with Gasteiger partial charge in [-0.05, 0) is 31.0 Å². The molecule has 138 valence electrons. The molecule has 1 aromatic carbocycles. The summed E-state index contributed by atoms with van der Waals surface area (Å²) >= 11 is 0. The Labute approximate surface area is 143 Å². The zero-order valence-corrected chi connectivity index (χ0v) is 14.1. The van der Waals surface area contributed by atoms with Crippen molar-refractivity contribution in [3.05, 3.63) is 23.8 Å². The number of carbonyl (C=O) groups is 2. The largest absolute Gasteiger partial charge is 0.416 e. The first-order valence-electron chi connectivity index (χ1n) is 7.83. The van der Waals surface area contributed by atoms with Crippen LogP contribution in [0.3, 0.4) is 0 Å². The quantitative estimate of drug-likeness (QED) is 0.871. The summed E-state index contributed by atoms with van der Waals surface area (Å²) in [7, 11) is 3.34. The lowest BCUT2D eigenvalue weighted by Crippen LogP contribution is -2.45. The number of alkyl halides is 3. The van der Waals surface area contributed by atoms with Crippen molar-refractivity contribution in [2.24, 2.45) is 11.7 Å². The predicted octanol–water partition coefficient (Wildman–Crippen LogP) is 2.50. The lowest BCUT2D eigenvalue weighted by Gasteiger charge is -2.31. The highest BCUT2D eigenvalue weighted by molar-refractivity contribution is 5.94. The van der Waals surface area contributed by atoms with Crippen molar-refractivity contribution in [3.8, 4) is 0 Å². The Morgan fingerprint density at radius 1 is 1.32 bits per heavy atom. The minimum Gasteiger partial charge on any atom is -0.376 e. The van der Waals surface area contributed by atoms with E-state index >= 15 is 0 Å². The Bertz CT molecular complexity index is 661.